The van der Waals surface area contributed by atoms with Gasteiger partial charge in [-0.3, -0.25) is 4.98 Å². The highest BCUT2D eigenvalue weighted by Crippen LogP contribution is 2.22. The van der Waals surface area contributed by atoms with Crippen molar-refractivity contribution in [2.24, 2.45) is 0 Å². The van der Waals surface area contributed by atoms with Crippen LogP contribution < -0.4 is 0 Å². The standard InChI is InChI=1S/C11H5ClFN5/c12-11-17-5-7(13)9(18-11)6-3-8-10(16-4-6)15-2-1-14-8/h1-5H. The van der Waals surface area contributed by atoms with E-state index in [1.807, 2.05) is 0 Å². The summed E-state index contributed by atoms with van der Waals surface area (Å²) >= 11 is 5.65. The van der Waals surface area contributed by atoms with E-state index in [0.29, 0.717) is 16.7 Å². The zero-order valence-corrected chi connectivity index (χ0v) is 9.63. The van der Waals surface area contributed by atoms with Gasteiger partial charge in [0.2, 0.25) is 5.28 Å². The first kappa shape index (κ1) is 10.9. The van der Waals surface area contributed by atoms with E-state index in [0.717, 1.165) is 6.20 Å². The molecule has 0 atom stereocenters. The average molecular weight is 262 g/mol. The summed E-state index contributed by atoms with van der Waals surface area (Å²) in [5, 5.41) is -0.0226. The summed E-state index contributed by atoms with van der Waals surface area (Å²) in [6.07, 6.45) is 5.57. The topological polar surface area (TPSA) is 64.5 Å². The predicted molar refractivity (Wildman–Crippen MR) is 63.3 cm³/mol. The van der Waals surface area contributed by atoms with Crippen LogP contribution in [-0.2, 0) is 0 Å². The maximum Gasteiger partial charge on any atom is 0.223 e. The van der Waals surface area contributed by atoms with Gasteiger partial charge in [0.05, 0.1) is 6.20 Å². The van der Waals surface area contributed by atoms with Crippen molar-refractivity contribution in [1.82, 2.24) is 24.9 Å². The minimum Gasteiger partial charge on any atom is -0.251 e. The first-order chi connectivity index (χ1) is 8.74. The zero-order chi connectivity index (χ0) is 12.5. The van der Waals surface area contributed by atoms with Crippen LogP contribution in [0.4, 0.5) is 4.39 Å². The Morgan fingerprint density at radius 3 is 2.72 bits per heavy atom. The van der Waals surface area contributed by atoms with Gasteiger partial charge in [0.25, 0.3) is 0 Å². The third kappa shape index (κ3) is 1.86. The second-order valence-electron chi connectivity index (χ2n) is 3.46. The molecule has 0 unspecified atom stereocenters. The van der Waals surface area contributed by atoms with Crippen LogP contribution in [0, 0.1) is 5.82 Å². The smallest absolute Gasteiger partial charge is 0.223 e. The van der Waals surface area contributed by atoms with Crippen LogP contribution in [0.25, 0.3) is 22.4 Å². The molecule has 0 fully saturated rings. The lowest BCUT2D eigenvalue weighted by Crippen LogP contribution is -1.94. The Morgan fingerprint density at radius 1 is 1.00 bits per heavy atom. The Bertz CT molecular complexity index is 733. The van der Waals surface area contributed by atoms with Crippen LogP contribution in [0.15, 0.2) is 30.9 Å². The van der Waals surface area contributed by atoms with Gasteiger partial charge in [0, 0.05) is 24.2 Å². The SMILES string of the molecule is Fc1cnc(Cl)nc1-c1cnc2nccnc2c1. The molecule has 3 heterocycles. The van der Waals surface area contributed by atoms with E-state index < -0.39 is 5.82 Å². The lowest BCUT2D eigenvalue weighted by Gasteiger charge is -2.03. The summed E-state index contributed by atoms with van der Waals surface area (Å²) in [6.45, 7) is 0. The normalized spacial score (nSPS) is 10.8. The van der Waals surface area contributed by atoms with Crippen molar-refractivity contribution in [2.45, 2.75) is 0 Å². The maximum absolute atomic E-state index is 13.6. The van der Waals surface area contributed by atoms with Crippen molar-refractivity contribution in [3.63, 3.8) is 0 Å². The molecule has 18 heavy (non-hydrogen) atoms. The van der Waals surface area contributed by atoms with Gasteiger partial charge in [-0.15, -0.1) is 0 Å². The quantitative estimate of drug-likeness (QED) is 0.629. The summed E-state index contributed by atoms with van der Waals surface area (Å²) in [4.78, 5) is 19.6. The highest BCUT2D eigenvalue weighted by molar-refractivity contribution is 6.28. The second kappa shape index (κ2) is 4.23. The number of aromatic nitrogens is 5. The molecule has 0 aliphatic rings. The Labute approximate surface area is 106 Å². The molecule has 0 saturated carbocycles. The number of nitrogens with zero attached hydrogens (tertiary/aromatic N) is 5. The van der Waals surface area contributed by atoms with Crippen molar-refractivity contribution in [3.8, 4) is 11.3 Å². The van der Waals surface area contributed by atoms with Crippen LogP contribution in [0.2, 0.25) is 5.28 Å². The fraction of sp³-hybridized carbons (Fsp3) is 0. The van der Waals surface area contributed by atoms with Crippen LogP contribution in [0.5, 0.6) is 0 Å². The molecule has 0 bridgehead atoms. The lowest BCUT2D eigenvalue weighted by atomic mass is 10.2. The van der Waals surface area contributed by atoms with E-state index in [-0.39, 0.29) is 11.0 Å². The molecule has 0 spiro atoms. The average Bonchev–Trinajstić information content (AvgIpc) is 2.41. The van der Waals surface area contributed by atoms with E-state index in [4.69, 9.17) is 11.6 Å². The number of halogens is 2. The summed E-state index contributed by atoms with van der Waals surface area (Å²) in [6, 6.07) is 1.65. The minimum absolute atomic E-state index is 0.0226. The Balaban J connectivity index is 2.22. The zero-order valence-electron chi connectivity index (χ0n) is 8.88. The summed E-state index contributed by atoms with van der Waals surface area (Å²) < 4.78 is 13.6. The molecule has 5 nitrogen and oxygen atoms in total. The largest absolute Gasteiger partial charge is 0.251 e. The third-order valence-corrected chi connectivity index (χ3v) is 2.49. The van der Waals surface area contributed by atoms with E-state index in [2.05, 4.69) is 24.9 Å². The van der Waals surface area contributed by atoms with E-state index in [1.54, 1.807) is 6.07 Å². The third-order valence-electron chi connectivity index (χ3n) is 2.31. The highest BCUT2D eigenvalue weighted by atomic mass is 35.5. The Morgan fingerprint density at radius 2 is 1.83 bits per heavy atom. The predicted octanol–water partition coefficient (Wildman–Crippen LogP) is 2.27. The summed E-state index contributed by atoms with van der Waals surface area (Å²) in [5.41, 5.74) is 1.62. The lowest BCUT2D eigenvalue weighted by molar-refractivity contribution is 0.618. The molecule has 3 aromatic rings. The minimum atomic E-state index is -0.565. The molecule has 3 aromatic heterocycles. The van der Waals surface area contributed by atoms with Gasteiger partial charge in [-0.2, -0.15) is 0 Å². The monoisotopic (exact) mass is 261 g/mol. The molecule has 0 aromatic carbocycles. The molecular formula is C11H5ClFN5. The molecule has 0 saturated heterocycles. The van der Waals surface area contributed by atoms with Crippen molar-refractivity contribution in [3.05, 3.63) is 42.0 Å². The Kier molecular flexibility index (Phi) is 2.56. The van der Waals surface area contributed by atoms with Gasteiger partial charge < -0.3 is 0 Å². The van der Waals surface area contributed by atoms with Gasteiger partial charge >= 0.3 is 0 Å². The van der Waals surface area contributed by atoms with Crippen LogP contribution >= 0.6 is 11.6 Å². The molecule has 0 amide bonds. The number of pyridine rings is 1. The van der Waals surface area contributed by atoms with Crippen LogP contribution in [0.1, 0.15) is 0 Å². The molecule has 0 radical (unpaired) electrons. The number of rotatable bonds is 1. The van der Waals surface area contributed by atoms with Gasteiger partial charge in [0.15, 0.2) is 11.5 Å². The van der Waals surface area contributed by atoms with Crippen molar-refractivity contribution in [1.29, 1.82) is 0 Å². The summed E-state index contributed by atoms with van der Waals surface area (Å²) in [5.74, 6) is -0.565. The molecular weight excluding hydrogens is 257 g/mol. The molecule has 0 N–H and O–H groups in total. The van der Waals surface area contributed by atoms with E-state index >= 15 is 0 Å². The van der Waals surface area contributed by atoms with Crippen LogP contribution in [0.3, 0.4) is 0 Å². The number of hydrogen-bond acceptors (Lipinski definition) is 5. The second-order valence-corrected chi connectivity index (χ2v) is 3.80. The van der Waals surface area contributed by atoms with E-state index in [1.165, 1.54) is 18.6 Å². The first-order valence-corrected chi connectivity index (χ1v) is 5.37. The molecule has 0 aliphatic heterocycles. The fourth-order valence-corrected chi connectivity index (χ4v) is 1.67. The maximum atomic E-state index is 13.6. The van der Waals surface area contributed by atoms with Crippen LogP contribution in [-0.4, -0.2) is 24.9 Å². The molecule has 88 valence electrons. The van der Waals surface area contributed by atoms with Crippen molar-refractivity contribution in [2.75, 3.05) is 0 Å². The number of fused-ring (bicyclic) bond motifs is 1. The van der Waals surface area contributed by atoms with Gasteiger partial charge in [-0.1, -0.05) is 0 Å². The number of hydrogen-bond donors (Lipinski definition) is 0. The van der Waals surface area contributed by atoms with Gasteiger partial charge in [-0.25, -0.2) is 24.3 Å². The molecule has 3 rings (SSSR count). The fourth-order valence-electron chi connectivity index (χ4n) is 1.54. The Hall–Kier alpha value is -2.21. The highest BCUT2D eigenvalue weighted by Gasteiger charge is 2.10. The molecule has 7 heteroatoms. The summed E-state index contributed by atoms with van der Waals surface area (Å²) in [7, 11) is 0. The van der Waals surface area contributed by atoms with Crippen molar-refractivity contribution < 1.29 is 4.39 Å². The molecule has 0 aliphatic carbocycles. The van der Waals surface area contributed by atoms with Crippen molar-refractivity contribution >= 4 is 22.8 Å². The first-order valence-electron chi connectivity index (χ1n) is 4.99. The van der Waals surface area contributed by atoms with Gasteiger partial charge in [0.1, 0.15) is 11.2 Å². The van der Waals surface area contributed by atoms with E-state index in [9.17, 15) is 4.39 Å². The van der Waals surface area contributed by atoms with Gasteiger partial charge in [-0.05, 0) is 17.7 Å².